The molecule has 1 fully saturated rings. The van der Waals surface area contributed by atoms with E-state index in [-0.39, 0.29) is 12.1 Å². The summed E-state index contributed by atoms with van der Waals surface area (Å²) in [5.41, 5.74) is -0.00127. The van der Waals surface area contributed by atoms with Gasteiger partial charge in [-0.2, -0.15) is 0 Å². The Morgan fingerprint density at radius 2 is 2.06 bits per heavy atom. The maximum Gasteiger partial charge on any atom is 0.0613 e. The smallest absolute Gasteiger partial charge is 0.0613 e. The average Bonchev–Trinajstić information content (AvgIpc) is 2.32. The van der Waals surface area contributed by atoms with E-state index in [1.165, 1.54) is 12.8 Å². The molecule has 1 saturated carbocycles. The Balaban J connectivity index is 2.20. The lowest BCUT2D eigenvalue weighted by atomic mass is 9.77. The average molecular weight is 229 g/mol. The van der Waals surface area contributed by atoms with Crippen LogP contribution >= 0.6 is 0 Å². The van der Waals surface area contributed by atoms with E-state index < -0.39 is 0 Å². The number of nitrogens with one attached hydrogen (secondary N) is 1. The summed E-state index contributed by atoms with van der Waals surface area (Å²) in [5.74, 6) is 0.824. The molecule has 1 aliphatic rings. The predicted molar refractivity (Wildman–Crippen MR) is 66.6 cm³/mol. The van der Waals surface area contributed by atoms with Crippen molar-refractivity contribution in [2.24, 2.45) is 5.92 Å². The van der Waals surface area contributed by atoms with E-state index in [0.717, 1.165) is 44.9 Å². The van der Waals surface area contributed by atoms with Crippen LogP contribution in [0.2, 0.25) is 0 Å². The Morgan fingerprint density at radius 3 is 2.62 bits per heavy atom. The van der Waals surface area contributed by atoms with Crippen molar-refractivity contribution in [1.29, 1.82) is 0 Å². The standard InChI is InChI=1S/C13H27NO2/c1-3-16-10-4-9-14-13(11-15)7-5-12(2)6-8-13/h12,14-15H,3-11H2,1-2H3. The summed E-state index contributed by atoms with van der Waals surface area (Å²) < 4.78 is 5.30. The molecule has 0 heterocycles. The third kappa shape index (κ3) is 4.40. The molecule has 0 amide bonds. The van der Waals surface area contributed by atoms with Crippen molar-refractivity contribution < 1.29 is 9.84 Å². The second-order valence-corrected chi connectivity index (χ2v) is 5.10. The molecule has 96 valence electrons. The fourth-order valence-electron chi connectivity index (χ4n) is 2.38. The maximum absolute atomic E-state index is 9.54. The predicted octanol–water partition coefficient (Wildman–Crippen LogP) is 1.94. The molecule has 0 unspecified atom stereocenters. The molecule has 3 nitrogen and oxygen atoms in total. The van der Waals surface area contributed by atoms with Gasteiger partial charge in [0.25, 0.3) is 0 Å². The van der Waals surface area contributed by atoms with Crippen LogP contribution in [-0.2, 0) is 4.74 Å². The lowest BCUT2D eigenvalue weighted by Crippen LogP contribution is -2.51. The molecule has 2 N–H and O–H groups in total. The summed E-state index contributed by atoms with van der Waals surface area (Å²) in [6.45, 7) is 7.16. The lowest BCUT2D eigenvalue weighted by Gasteiger charge is -2.39. The molecule has 1 aliphatic carbocycles. The first-order valence-electron chi connectivity index (χ1n) is 6.66. The van der Waals surface area contributed by atoms with Gasteiger partial charge in [-0.15, -0.1) is 0 Å². The van der Waals surface area contributed by atoms with Crippen LogP contribution in [0.25, 0.3) is 0 Å². The second kappa shape index (κ2) is 7.25. The number of rotatable bonds is 7. The highest BCUT2D eigenvalue weighted by atomic mass is 16.5. The van der Waals surface area contributed by atoms with Crippen molar-refractivity contribution in [3.8, 4) is 0 Å². The number of aliphatic hydroxyl groups excluding tert-OH is 1. The van der Waals surface area contributed by atoms with E-state index in [2.05, 4.69) is 12.2 Å². The van der Waals surface area contributed by atoms with Gasteiger partial charge in [0, 0.05) is 18.8 Å². The van der Waals surface area contributed by atoms with Gasteiger partial charge in [0.15, 0.2) is 0 Å². The molecule has 1 rings (SSSR count). The minimum Gasteiger partial charge on any atom is -0.394 e. The Morgan fingerprint density at radius 1 is 1.38 bits per heavy atom. The van der Waals surface area contributed by atoms with Crippen LogP contribution in [0, 0.1) is 5.92 Å². The van der Waals surface area contributed by atoms with Crippen LogP contribution in [-0.4, -0.2) is 37.0 Å². The van der Waals surface area contributed by atoms with Gasteiger partial charge in [0.05, 0.1) is 6.61 Å². The minimum absolute atomic E-state index is 0.00127. The zero-order chi connectivity index (χ0) is 11.9. The summed E-state index contributed by atoms with van der Waals surface area (Å²) in [6.07, 6.45) is 5.72. The van der Waals surface area contributed by atoms with Gasteiger partial charge in [-0.25, -0.2) is 0 Å². The lowest BCUT2D eigenvalue weighted by molar-refractivity contribution is 0.0980. The molecule has 0 atom stereocenters. The highest BCUT2D eigenvalue weighted by molar-refractivity contribution is 4.91. The summed E-state index contributed by atoms with van der Waals surface area (Å²) >= 11 is 0. The van der Waals surface area contributed by atoms with Crippen molar-refractivity contribution >= 4 is 0 Å². The van der Waals surface area contributed by atoms with E-state index in [0.29, 0.717) is 0 Å². The van der Waals surface area contributed by atoms with E-state index >= 15 is 0 Å². The van der Waals surface area contributed by atoms with Crippen LogP contribution in [0.4, 0.5) is 0 Å². The molecule has 0 spiro atoms. The van der Waals surface area contributed by atoms with Crippen LogP contribution in [0.1, 0.15) is 46.0 Å². The van der Waals surface area contributed by atoms with Gasteiger partial charge < -0.3 is 15.2 Å². The van der Waals surface area contributed by atoms with Crippen molar-refractivity contribution in [3.63, 3.8) is 0 Å². The van der Waals surface area contributed by atoms with Crippen LogP contribution in [0.15, 0.2) is 0 Å². The maximum atomic E-state index is 9.54. The molecule has 16 heavy (non-hydrogen) atoms. The van der Waals surface area contributed by atoms with Gasteiger partial charge in [0.2, 0.25) is 0 Å². The number of aliphatic hydroxyl groups is 1. The first kappa shape index (κ1) is 13.9. The third-order valence-corrected chi connectivity index (χ3v) is 3.70. The van der Waals surface area contributed by atoms with E-state index in [4.69, 9.17) is 4.74 Å². The summed E-state index contributed by atoms with van der Waals surface area (Å²) in [4.78, 5) is 0. The third-order valence-electron chi connectivity index (χ3n) is 3.70. The molecule has 0 aromatic heterocycles. The molecule has 0 aromatic carbocycles. The van der Waals surface area contributed by atoms with Crippen molar-refractivity contribution in [1.82, 2.24) is 5.32 Å². The highest BCUT2D eigenvalue weighted by Crippen LogP contribution is 2.31. The first-order chi connectivity index (χ1) is 7.72. The SMILES string of the molecule is CCOCCCNC1(CO)CCC(C)CC1. The van der Waals surface area contributed by atoms with Crippen molar-refractivity contribution in [3.05, 3.63) is 0 Å². The largest absolute Gasteiger partial charge is 0.394 e. The van der Waals surface area contributed by atoms with Gasteiger partial charge in [-0.1, -0.05) is 6.92 Å². The van der Waals surface area contributed by atoms with E-state index in [1.807, 2.05) is 6.92 Å². The van der Waals surface area contributed by atoms with E-state index in [1.54, 1.807) is 0 Å². The van der Waals surface area contributed by atoms with E-state index in [9.17, 15) is 5.11 Å². The quantitative estimate of drug-likeness (QED) is 0.656. The highest BCUT2D eigenvalue weighted by Gasteiger charge is 2.32. The first-order valence-corrected chi connectivity index (χ1v) is 6.66. The fraction of sp³-hybridized carbons (Fsp3) is 1.00. The van der Waals surface area contributed by atoms with Crippen LogP contribution in [0.3, 0.4) is 0 Å². The Hall–Kier alpha value is -0.120. The Bertz CT molecular complexity index is 177. The molecule has 3 heteroatoms. The fourth-order valence-corrected chi connectivity index (χ4v) is 2.38. The second-order valence-electron chi connectivity index (χ2n) is 5.10. The van der Waals surface area contributed by atoms with Gasteiger partial charge in [-0.05, 0) is 51.5 Å². The minimum atomic E-state index is -0.00127. The number of hydrogen-bond acceptors (Lipinski definition) is 3. The zero-order valence-electron chi connectivity index (χ0n) is 10.8. The van der Waals surface area contributed by atoms with Gasteiger partial charge in [-0.3, -0.25) is 0 Å². The molecular weight excluding hydrogens is 202 g/mol. The van der Waals surface area contributed by atoms with Crippen LogP contribution < -0.4 is 5.32 Å². The van der Waals surface area contributed by atoms with Gasteiger partial charge in [0.1, 0.15) is 0 Å². The van der Waals surface area contributed by atoms with Crippen LogP contribution in [0.5, 0.6) is 0 Å². The van der Waals surface area contributed by atoms with Crippen molar-refractivity contribution in [2.75, 3.05) is 26.4 Å². The van der Waals surface area contributed by atoms with Crippen molar-refractivity contribution in [2.45, 2.75) is 51.5 Å². The summed E-state index contributed by atoms with van der Waals surface area (Å²) in [6, 6.07) is 0. The van der Waals surface area contributed by atoms with Gasteiger partial charge >= 0.3 is 0 Å². The Labute approximate surface area is 99.6 Å². The Kier molecular flexibility index (Phi) is 6.32. The molecule has 0 radical (unpaired) electrons. The normalized spacial score (nSPS) is 30.6. The molecule has 0 bridgehead atoms. The summed E-state index contributed by atoms with van der Waals surface area (Å²) in [7, 11) is 0. The zero-order valence-corrected chi connectivity index (χ0v) is 10.8. The molecule has 0 aliphatic heterocycles. The monoisotopic (exact) mass is 229 g/mol. The number of hydrogen-bond donors (Lipinski definition) is 2. The molecule has 0 aromatic rings. The molecular formula is C13H27NO2. The molecule has 0 saturated heterocycles. The number of ether oxygens (including phenoxy) is 1. The summed E-state index contributed by atoms with van der Waals surface area (Å²) in [5, 5.41) is 13.1. The topological polar surface area (TPSA) is 41.5 Å².